The van der Waals surface area contributed by atoms with Gasteiger partial charge in [-0.25, -0.2) is 4.79 Å². The van der Waals surface area contributed by atoms with Crippen LogP contribution < -0.4 is 5.32 Å². The molecule has 3 heteroatoms. The van der Waals surface area contributed by atoms with Crippen LogP contribution >= 0.6 is 0 Å². The van der Waals surface area contributed by atoms with Crippen molar-refractivity contribution in [2.75, 3.05) is 6.61 Å². The number of ether oxygens (including phenoxy) is 1. The van der Waals surface area contributed by atoms with Crippen molar-refractivity contribution in [3.8, 4) is 0 Å². The number of rotatable bonds is 5. The zero-order valence-corrected chi connectivity index (χ0v) is 9.17. The van der Waals surface area contributed by atoms with E-state index in [0.717, 1.165) is 12.0 Å². The van der Waals surface area contributed by atoms with Crippen molar-refractivity contribution in [3.63, 3.8) is 0 Å². The molecule has 14 heavy (non-hydrogen) atoms. The standard InChI is InChI=1S/C11H19NO2/c1-5-8-9(4)10(6-2)12-11(13)14-7-3/h5,8,10H,1,6-7H2,2-4H3,(H,12,13)/b9-8+/t10-/m1/s1. The lowest BCUT2D eigenvalue weighted by molar-refractivity contribution is 0.149. The number of nitrogens with one attached hydrogen (secondary N) is 1. The van der Waals surface area contributed by atoms with E-state index in [1.807, 2.05) is 19.9 Å². The maximum Gasteiger partial charge on any atom is 0.407 e. The van der Waals surface area contributed by atoms with Gasteiger partial charge in [0.15, 0.2) is 0 Å². The summed E-state index contributed by atoms with van der Waals surface area (Å²) in [7, 11) is 0. The molecule has 0 radical (unpaired) electrons. The smallest absolute Gasteiger partial charge is 0.407 e. The summed E-state index contributed by atoms with van der Waals surface area (Å²) < 4.78 is 4.80. The van der Waals surface area contributed by atoms with Gasteiger partial charge in [-0.15, -0.1) is 0 Å². The lowest BCUT2D eigenvalue weighted by Gasteiger charge is -2.16. The van der Waals surface area contributed by atoms with E-state index in [-0.39, 0.29) is 12.1 Å². The Morgan fingerprint density at radius 2 is 2.21 bits per heavy atom. The van der Waals surface area contributed by atoms with Crippen LogP contribution in [0.1, 0.15) is 27.2 Å². The molecule has 0 fully saturated rings. The Labute approximate surface area is 85.8 Å². The molecule has 0 bridgehead atoms. The fraction of sp³-hybridized carbons (Fsp3) is 0.545. The minimum absolute atomic E-state index is 0.0343. The number of hydrogen-bond acceptors (Lipinski definition) is 2. The summed E-state index contributed by atoms with van der Waals surface area (Å²) in [6.07, 6.45) is 4.08. The summed E-state index contributed by atoms with van der Waals surface area (Å²) in [5.74, 6) is 0. The zero-order valence-electron chi connectivity index (χ0n) is 9.17. The van der Waals surface area contributed by atoms with Crippen LogP contribution in [0, 0.1) is 0 Å². The quantitative estimate of drug-likeness (QED) is 0.688. The highest BCUT2D eigenvalue weighted by molar-refractivity contribution is 5.68. The number of alkyl carbamates (subject to hydrolysis) is 1. The van der Waals surface area contributed by atoms with Crippen LogP contribution in [-0.2, 0) is 4.74 Å². The predicted octanol–water partition coefficient (Wildman–Crippen LogP) is 2.64. The van der Waals surface area contributed by atoms with Crippen molar-refractivity contribution >= 4 is 6.09 Å². The zero-order chi connectivity index (χ0) is 11.0. The summed E-state index contributed by atoms with van der Waals surface area (Å²) in [5, 5.41) is 2.77. The highest BCUT2D eigenvalue weighted by Crippen LogP contribution is 2.05. The van der Waals surface area contributed by atoms with Crippen molar-refractivity contribution in [2.24, 2.45) is 0 Å². The Morgan fingerprint density at radius 3 is 2.64 bits per heavy atom. The normalized spacial score (nSPS) is 13.2. The van der Waals surface area contributed by atoms with Crippen LogP contribution in [0.4, 0.5) is 4.79 Å². The van der Waals surface area contributed by atoms with E-state index in [1.54, 1.807) is 13.0 Å². The van der Waals surface area contributed by atoms with Crippen molar-refractivity contribution < 1.29 is 9.53 Å². The lowest BCUT2D eigenvalue weighted by atomic mass is 10.1. The number of amides is 1. The first-order valence-corrected chi connectivity index (χ1v) is 4.88. The van der Waals surface area contributed by atoms with Crippen molar-refractivity contribution in [1.29, 1.82) is 0 Å². The molecule has 0 aromatic rings. The highest BCUT2D eigenvalue weighted by Gasteiger charge is 2.11. The number of hydrogen-bond donors (Lipinski definition) is 1. The van der Waals surface area contributed by atoms with Crippen LogP contribution in [0.2, 0.25) is 0 Å². The maximum absolute atomic E-state index is 11.1. The molecule has 3 nitrogen and oxygen atoms in total. The van der Waals surface area contributed by atoms with Gasteiger partial charge >= 0.3 is 6.09 Å². The predicted molar refractivity (Wildman–Crippen MR) is 58.2 cm³/mol. The van der Waals surface area contributed by atoms with Crippen LogP contribution in [0.25, 0.3) is 0 Å². The maximum atomic E-state index is 11.1. The van der Waals surface area contributed by atoms with E-state index in [0.29, 0.717) is 6.61 Å². The Morgan fingerprint density at radius 1 is 1.57 bits per heavy atom. The van der Waals surface area contributed by atoms with E-state index in [1.165, 1.54) is 0 Å². The van der Waals surface area contributed by atoms with Crippen molar-refractivity contribution in [2.45, 2.75) is 33.2 Å². The molecule has 0 aliphatic carbocycles. The minimum Gasteiger partial charge on any atom is -0.450 e. The highest BCUT2D eigenvalue weighted by atomic mass is 16.5. The molecular weight excluding hydrogens is 178 g/mol. The number of allylic oxidation sites excluding steroid dienone is 2. The number of carbonyl (C=O) groups excluding carboxylic acids is 1. The first-order chi connectivity index (χ1) is 6.65. The molecular formula is C11H19NO2. The van der Waals surface area contributed by atoms with Gasteiger partial charge in [-0.1, -0.05) is 31.2 Å². The topological polar surface area (TPSA) is 38.3 Å². The third-order valence-corrected chi connectivity index (χ3v) is 1.91. The van der Waals surface area contributed by atoms with Gasteiger partial charge in [-0.05, 0) is 20.3 Å². The summed E-state index contributed by atoms with van der Waals surface area (Å²) in [5.41, 5.74) is 1.08. The summed E-state index contributed by atoms with van der Waals surface area (Å²) in [6, 6.07) is 0.0343. The molecule has 1 N–H and O–H groups in total. The Balaban J connectivity index is 4.21. The van der Waals surface area contributed by atoms with E-state index in [4.69, 9.17) is 4.74 Å². The summed E-state index contributed by atoms with van der Waals surface area (Å²) in [6.45, 7) is 9.76. The first kappa shape index (κ1) is 12.8. The van der Waals surface area contributed by atoms with Crippen molar-refractivity contribution in [1.82, 2.24) is 5.32 Å². The van der Waals surface area contributed by atoms with Crippen LogP contribution in [0.15, 0.2) is 24.3 Å². The Hall–Kier alpha value is -1.25. The first-order valence-electron chi connectivity index (χ1n) is 4.88. The monoisotopic (exact) mass is 197 g/mol. The minimum atomic E-state index is -0.365. The average Bonchev–Trinajstić information content (AvgIpc) is 2.15. The third kappa shape index (κ3) is 4.70. The second-order valence-electron chi connectivity index (χ2n) is 2.97. The van der Waals surface area contributed by atoms with Gasteiger partial charge in [0.25, 0.3) is 0 Å². The van der Waals surface area contributed by atoms with Crippen molar-refractivity contribution in [3.05, 3.63) is 24.3 Å². The molecule has 0 rings (SSSR count). The largest absolute Gasteiger partial charge is 0.450 e. The van der Waals surface area contributed by atoms with Gasteiger partial charge in [-0.2, -0.15) is 0 Å². The molecule has 0 heterocycles. The molecule has 0 aromatic heterocycles. The fourth-order valence-electron chi connectivity index (χ4n) is 1.15. The molecule has 0 unspecified atom stereocenters. The molecule has 1 atom stereocenters. The second-order valence-corrected chi connectivity index (χ2v) is 2.97. The van der Waals surface area contributed by atoms with Gasteiger partial charge in [0.2, 0.25) is 0 Å². The summed E-state index contributed by atoms with van der Waals surface area (Å²) >= 11 is 0. The SMILES string of the molecule is C=C/C=C(\C)[C@@H](CC)NC(=O)OCC. The Bertz CT molecular complexity index is 221. The summed E-state index contributed by atoms with van der Waals surface area (Å²) in [4.78, 5) is 11.1. The molecule has 0 spiro atoms. The molecule has 0 aromatic carbocycles. The van der Waals surface area contributed by atoms with E-state index < -0.39 is 0 Å². The van der Waals surface area contributed by atoms with E-state index >= 15 is 0 Å². The molecule has 0 saturated heterocycles. The fourth-order valence-corrected chi connectivity index (χ4v) is 1.15. The van der Waals surface area contributed by atoms with Gasteiger partial charge in [0, 0.05) is 0 Å². The van der Waals surface area contributed by atoms with Gasteiger partial charge in [-0.3, -0.25) is 0 Å². The van der Waals surface area contributed by atoms with Gasteiger partial charge < -0.3 is 10.1 Å². The van der Waals surface area contributed by atoms with E-state index in [2.05, 4.69) is 11.9 Å². The van der Waals surface area contributed by atoms with Crippen LogP contribution in [0.5, 0.6) is 0 Å². The molecule has 0 aliphatic rings. The van der Waals surface area contributed by atoms with E-state index in [9.17, 15) is 4.79 Å². The van der Waals surface area contributed by atoms with Crippen LogP contribution in [0.3, 0.4) is 0 Å². The molecule has 80 valence electrons. The van der Waals surface area contributed by atoms with Crippen LogP contribution in [-0.4, -0.2) is 18.7 Å². The molecule has 1 amide bonds. The average molecular weight is 197 g/mol. The lowest BCUT2D eigenvalue weighted by Crippen LogP contribution is -2.35. The van der Waals surface area contributed by atoms with Gasteiger partial charge in [0.1, 0.15) is 0 Å². The number of carbonyl (C=O) groups is 1. The Kier molecular flexibility index (Phi) is 6.54. The second kappa shape index (κ2) is 7.18. The van der Waals surface area contributed by atoms with Gasteiger partial charge in [0.05, 0.1) is 12.6 Å². The third-order valence-electron chi connectivity index (χ3n) is 1.91. The molecule has 0 saturated carbocycles. The molecule has 0 aliphatic heterocycles.